The molecule has 0 spiro atoms. The van der Waals surface area contributed by atoms with E-state index in [9.17, 15) is 0 Å². The fourth-order valence-corrected chi connectivity index (χ4v) is 1.58. The molecular formula is C14H23N3O. The fourth-order valence-electron chi connectivity index (χ4n) is 1.58. The zero-order chi connectivity index (χ0) is 13.2. The van der Waals surface area contributed by atoms with Crippen molar-refractivity contribution < 1.29 is 4.74 Å². The lowest BCUT2D eigenvalue weighted by Crippen LogP contribution is -2.32. The van der Waals surface area contributed by atoms with Crippen LogP contribution in [0.25, 0.3) is 0 Å². The predicted octanol–water partition coefficient (Wildman–Crippen LogP) is 1.83. The number of nitrogens with zero attached hydrogens (tertiary/aromatic N) is 1. The van der Waals surface area contributed by atoms with Crippen LogP contribution in [0.1, 0.15) is 24.5 Å². The number of rotatable bonds is 7. The van der Waals surface area contributed by atoms with E-state index in [4.69, 9.17) is 10.5 Å². The second kappa shape index (κ2) is 8.53. The van der Waals surface area contributed by atoms with Crippen LogP contribution in [0.5, 0.6) is 0 Å². The monoisotopic (exact) mass is 249 g/mol. The highest BCUT2D eigenvalue weighted by Gasteiger charge is 1.94. The quantitative estimate of drug-likeness (QED) is 0.440. The van der Waals surface area contributed by atoms with Crippen LogP contribution < -0.4 is 11.1 Å². The summed E-state index contributed by atoms with van der Waals surface area (Å²) in [5.41, 5.74) is 8.19. The first kappa shape index (κ1) is 14.5. The highest BCUT2D eigenvalue weighted by molar-refractivity contribution is 5.77. The summed E-state index contributed by atoms with van der Waals surface area (Å²) in [7, 11) is 0. The molecule has 0 saturated carbocycles. The Morgan fingerprint density at radius 3 is 3.00 bits per heavy atom. The lowest BCUT2D eigenvalue weighted by atomic mass is 10.1. The van der Waals surface area contributed by atoms with Crippen LogP contribution in [-0.2, 0) is 11.3 Å². The molecular weight excluding hydrogens is 226 g/mol. The van der Waals surface area contributed by atoms with Gasteiger partial charge in [0.25, 0.3) is 0 Å². The van der Waals surface area contributed by atoms with E-state index in [-0.39, 0.29) is 0 Å². The summed E-state index contributed by atoms with van der Waals surface area (Å²) in [5.74, 6) is 0.494. The average Bonchev–Trinajstić information content (AvgIpc) is 2.36. The molecule has 1 aromatic rings. The van der Waals surface area contributed by atoms with E-state index in [2.05, 4.69) is 35.4 Å². The number of nitrogens with one attached hydrogen (secondary N) is 1. The predicted molar refractivity (Wildman–Crippen MR) is 75.6 cm³/mol. The third-order valence-corrected chi connectivity index (χ3v) is 2.49. The maximum absolute atomic E-state index is 5.77. The molecule has 0 saturated heterocycles. The van der Waals surface area contributed by atoms with Crippen molar-refractivity contribution >= 4 is 5.96 Å². The number of nitrogens with two attached hydrogens (primary N) is 1. The van der Waals surface area contributed by atoms with Crippen LogP contribution in [0.15, 0.2) is 29.3 Å². The first-order chi connectivity index (χ1) is 8.72. The molecule has 18 heavy (non-hydrogen) atoms. The van der Waals surface area contributed by atoms with Gasteiger partial charge in [0.2, 0.25) is 0 Å². The third-order valence-electron chi connectivity index (χ3n) is 2.49. The summed E-state index contributed by atoms with van der Waals surface area (Å²) in [6.45, 7) is 6.99. The summed E-state index contributed by atoms with van der Waals surface area (Å²) in [6.07, 6.45) is 0.939. The zero-order valence-corrected chi connectivity index (χ0v) is 11.3. The molecule has 0 radical (unpaired) electrons. The average molecular weight is 249 g/mol. The maximum atomic E-state index is 5.77. The molecule has 0 aliphatic carbocycles. The van der Waals surface area contributed by atoms with Gasteiger partial charge in [0.05, 0.1) is 6.54 Å². The molecule has 0 amide bonds. The van der Waals surface area contributed by atoms with Gasteiger partial charge in [-0.3, -0.25) is 0 Å². The molecule has 0 fully saturated rings. The van der Waals surface area contributed by atoms with Gasteiger partial charge in [-0.15, -0.1) is 0 Å². The Morgan fingerprint density at radius 1 is 1.44 bits per heavy atom. The molecule has 4 heteroatoms. The van der Waals surface area contributed by atoms with Gasteiger partial charge in [0.15, 0.2) is 5.96 Å². The topological polar surface area (TPSA) is 59.6 Å². The molecule has 0 aliphatic heterocycles. The van der Waals surface area contributed by atoms with Crippen molar-refractivity contribution in [3.63, 3.8) is 0 Å². The van der Waals surface area contributed by atoms with Gasteiger partial charge < -0.3 is 15.8 Å². The molecule has 0 heterocycles. The Morgan fingerprint density at radius 2 is 2.28 bits per heavy atom. The van der Waals surface area contributed by atoms with Crippen LogP contribution >= 0.6 is 0 Å². The van der Waals surface area contributed by atoms with Crippen molar-refractivity contribution in [2.24, 2.45) is 10.7 Å². The number of hydrogen-bond acceptors (Lipinski definition) is 2. The minimum absolute atomic E-state index is 0.494. The number of aliphatic imine (C=N–C) groups is 1. The summed E-state index contributed by atoms with van der Waals surface area (Å²) in [5, 5.41) is 3.07. The number of hydrogen-bond donors (Lipinski definition) is 2. The first-order valence-electron chi connectivity index (χ1n) is 6.39. The molecule has 0 aliphatic rings. The van der Waals surface area contributed by atoms with Gasteiger partial charge in [-0.05, 0) is 25.8 Å². The van der Waals surface area contributed by atoms with Crippen molar-refractivity contribution in [3.8, 4) is 0 Å². The Bertz CT molecular complexity index is 377. The van der Waals surface area contributed by atoms with Crippen molar-refractivity contribution in [2.75, 3.05) is 19.8 Å². The minimum Gasteiger partial charge on any atom is -0.382 e. The molecule has 3 N–H and O–H groups in total. The van der Waals surface area contributed by atoms with E-state index in [0.717, 1.165) is 26.2 Å². The normalized spacial score (nSPS) is 11.6. The molecule has 0 unspecified atom stereocenters. The molecule has 0 aromatic heterocycles. The van der Waals surface area contributed by atoms with E-state index in [1.165, 1.54) is 11.1 Å². The van der Waals surface area contributed by atoms with Gasteiger partial charge in [-0.1, -0.05) is 29.8 Å². The van der Waals surface area contributed by atoms with Gasteiger partial charge in [0, 0.05) is 19.8 Å². The number of guanidine groups is 1. The summed E-state index contributed by atoms with van der Waals surface area (Å²) >= 11 is 0. The molecule has 0 atom stereocenters. The van der Waals surface area contributed by atoms with Crippen LogP contribution in [0.2, 0.25) is 0 Å². The van der Waals surface area contributed by atoms with E-state index < -0.39 is 0 Å². The smallest absolute Gasteiger partial charge is 0.188 e. The molecule has 4 nitrogen and oxygen atoms in total. The Balaban J connectivity index is 2.25. The van der Waals surface area contributed by atoms with E-state index in [1.807, 2.05) is 13.0 Å². The van der Waals surface area contributed by atoms with Crippen LogP contribution in [0.3, 0.4) is 0 Å². The Labute approximate surface area is 109 Å². The number of benzene rings is 1. The second-order valence-corrected chi connectivity index (χ2v) is 4.17. The number of aryl methyl sites for hydroxylation is 1. The van der Waals surface area contributed by atoms with Gasteiger partial charge in [-0.2, -0.15) is 0 Å². The molecule has 1 rings (SSSR count). The standard InChI is InChI=1S/C14H23N3O/c1-3-18-9-5-8-16-14(15)17-11-13-7-4-6-12(2)10-13/h4,6-7,10H,3,5,8-9,11H2,1-2H3,(H3,15,16,17). The highest BCUT2D eigenvalue weighted by atomic mass is 16.5. The van der Waals surface area contributed by atoms with Crippen LogP contribution in [-0.4, -0.2) is 25.7 Å². The maximum Gasteiger partial charge on any atom is 0.188 e. The summed E-state index contributed by atoms with van der Waals surface area (Å²) in [4.78, 5) is 4.30. The first-order valence-corrected chi connectivity index (χ1v) is 6.39. The van der Waals surface area contributed by atoms with Gasteiger partial charge >= 0.3 is 0 Å². The number of ether oxygens (including phenoxy) is 1. The van der Waals surface area contributed by atoms with Gasteiger partial charge in [-0.25, -0.2) is 4.99 Å². The summed E-state index contributed by atoms with van der Waals surface area (Å²) in [6, 6.07) is 8.28. The van der Waals surface area contributed by atoms with Crippen molar-refractivity contribution in [3.05, 3.63) is 35.4 Å². The van der Waals surface area contributed by atoms with Crippen molar-refractivity contribution in [1.29, 1.82) is 0 Å². The highest BCUT2D eigenvalue weighted by Crippen LogP contribution is 2.04. The molecule has 1 aromatic carbocycles. The lowest BCUT2D eigenvalue weighted by Gasteiger charge is -2.06. The van der Waals surface area contributed by atoms with Crippen LogP contribution in [0.4, 0.5) is 0 Å². The fraction of sp³-hybridized carbons (Fsp3) is 0.500. The second-order valence-electron chi connectivity index (χ2n) is 4.17. The van der Waals surface area contributed by atoms with Gasteiger partial charge in [0.1, 0.15) is 0 Å². The van der Waals surface area contributed by atoms with E-state index >= 15 is 0 Å². The lowest BCUT2D eigenvalue weighted by molar-refractivity contribution is 0.145. The SMILES string of the molecule is CCOCCCNC(N)=NCc1cccc(C)c1. The third kappa shape index (κ3) is 6.25. The summed E-state index contributed by atoms with van der Waals surface area (Å²) < 4.78 is 5.24. The van der Waals surface area contributed by atoms with E-state index in [0.29, 0.717) is 12.5 Å². The minimum atomic E-state index is 0.494. The molecule has 0 bridgehead atoms. The zero-order valence-electron chi connectivity index (χ0n) is 11.3. The van der Waals surface area contributed by atoms with Crippen LogP contribution in [0, 0.1) is 6.92 Å². The molecule has 100 valence electrons. The van der Waals surface area contributed by atoms with Crippen molar-refractivity contribution in [2.45, 2.75) is 26.8 Å². The largest absolute Gasteiger partial charge is 0.382 e. The Hall–Kier alpha value is -1.55. The van der Waals surface area contributed by atoms with Crippen molar-refractivity contribution in [1.82, 2.24) is 5.32 Å². The Kier molecular flexibility index (Phi) is 6.87. The van der Waals surface area contributed by atoms with E-state index in [1.54, 1.807) is 0 Å².